The number of fused-ring (bicyclic) bond motifs is 1. The summed E-state index contributed by atoms with van der Waals surface area (Å²) in [5.41, 5.74) is 1.76. The summed E-state index contributed by atoms with van der Waals surface area (Å²) in [6.07, 6.45) is 0.761. The summed E-state index contributed by atoms with van der Waals surface area (Å²) < 4.78 is 1.51. The van der Waals surface area contributed by atoms with Crippen molar-refractivity contribution < 1.29 is 19.5 Å². The second-order valence-electron chi connectivity index (χ2n) is 7.89. The molecule has 1 aromatic carbocycles. The number of carboxylic acid groups (broad SMARTS) is 1. The van der Waals surface area contributed by atoms with E-state index >= 15 is 0 Å². The fourth-order valence-electron chi connectivity index (χ4n) is 4.10. The third kappa shape index (κ3) is 3.66. The molecule has 4 atom stereocenters. The van der Waals surface area contributed by atoms with Crippen LogP contribution in [0.3, 0.4) is 0 Å². The first kappa shape index (κ1) is 21.0. The maximum atomic E-state index is 12.8. The van der Waals surface area contributed by atoms with E-state index in [2.05, 4.69) is 20.8 Å². The van der Waals surface area contributed by atoms with Gasteiger partial charge >= 0.3 is 5.97 Å². The molecule has 3 heterocycles. The molecule has 2 amide bonds. The maximum Gasteiger partial charge on any atom is 0.352 e. The Labute approximate surface area is 191 Å². The van der Waals surface area contributed by atoms with E-state index in [-0.39, 0.29) is 29.3 Å². The van der Waals surface area contributed by atoms with Gasteiger partial charge < -0.3 is 10.4 Å². The molecule has 12 heteroatoms. The average Bonchev–Trinajstić information content (AvgIpc) is 3.50. The Balaban J connectivity index is 1.25. The second-order valence-corrected chi connectivity index (χ2v) is 9.93. The second kappa shape index (κ2) is 8.24. The molecule has 2 aliphatic heterocycles. The molecule has 1 saturated heterocycles. The number of aromatic nitrogens is 4. The number of aliphatic carboxylic acids is 1. The van der Waals surface area contributed by atoms with Gasteiger partial charge in [-0.3, -0.25) is 14.5 Å². The molecule has 0 spiro atoms. The summed E-state index contributed by atoms with van der Waals surface area (Å²) in [7, 11) is 1.70. The van der Waals surface area contributed by atoms with E-state index in [4.69, 9.17) is 0 Å². The lowest BCUT2D eigenvalue weighted by Gasteiger charge is -2.49. The number of carboxylic acids is 1. The van der Waals surface area contributed by atoms with Crippen LogP contribution in [0.4, 0.5) is 0 Å². The van der Waals surface area contributed by atoms with Crippen molar-refractivity contribution in [3.05, 3.63) is 47.2 Å². The zero-order chi connectivity index (χ0) is 22.4. The van der Waals surface area contributed by atoms with Gasteiger partial charge in [-0.1, -0.05) is 42.1 Å². The van der Waals surface area contributed by atoms with Crippen molar-refractivity contribution in [3.63, 3.8) is 0 Å². The summed E-state index contributed by atoms with van der Waals surface area (Å²) in [6.45, 7) is 0. The van der Waals surface area contributed by atoms with Gasteiger partial charge in [0.25, 0.3) is 5.91 Å². The number of nitrogens with one attached hydrogen (secondary N) is 1. The zero-order valence-corrected chi connectivity index (χ0v) is 18.7. The van der Waals surface area contributed by atoms with E-state index in [1.807, 2.05) is 30.3 Å². The van der Waals surface area contributed by atoms with E-state index in [0.29, 0.717) is 22.2 Å². The normalized spacial score (nSPS) is 26.4. The Morgan fingerprint density at radius 1 is 1.31 bits per heavy atom. The number of hydrogen-bond donors (Lipinski definition) is 2. The highest BCUT2D eigenvalue weighted by atomic mass is 32.2. The number of thioether (sulfide) groups is 2. The van der Waals surface area contributed by atoms with Gasteiger partial charge in [-0.05, 0) is 33.9 Å². The molecule has 0 radical (unpaired) electrons. The number of rotatable bonds is 7. The summed E-state index contributed by atoms with van der Waals surface area (Å²) in [4.78, 5) is 38.8. The minimum Gasteiger partial charge on any atom is -0.477 e. The fourth-order valence-corrected chi connectivity index (χ4v) is 6.44. The van der Waals surface area contributed by atoms with Crippen LogP contribution < -0.4 is 5.32 Å². The van der Waals surface area contributed by atoms with Gasteiger partial charge in [-0.2, -0.15) is 0 Å². The monoisotopic (exact) mass is 472 g/mol. The molecule has 10 nitrogen and oxygen atoms in total. The number of aryl methyl sites for hydroxylation is 1. The van der Waals surface area contributed by atoms with Gasteiger partial charge in [0.1, 0.15) is 17.1 Å². The first-order valence-corrected chi connectivity index (χ1v) is 12.1. The molecule has 2 fully saturated rings. The lowest BCUT2D eigenvalue weighted by molar-refractivity contribution is -0.150. The number of nitrogens with zero attached hydrogens (tertiary/aromatic N) is 5. The van der Waals surface area contributed by atoms with Crippen LogP contribution in [0, 0.1) is 5.92 Å². The minimum absolute atomic E-state index is 0.000426. The smallest absolute Gasteiger partial charge is 0.352 e. The first-order chi connectivity index (χ1) is 15.5. The Hall–Kier alpha value is -2.86. The molecule has 1 aromatic heterocycles. The Morgan fingerprint density at radius 2 is 2.09 bits per heavy atom. The maximum absolute atomic E-state index is 12.8. The van der Waals surface area contributed by atoms with Gasteiger partial charge in [0.2, 0.25) is 11.1 Å². The number of carbonyl (C=O) groups excluding carboxylic acids is 2. The van der Waals surface area contributed by atoms with Crippen LogP contribution in [0.5, 0.6) is 0 Å². The molecule has 2 N–H and O–H groups in total. The number of β-lactam (4-membered cyclic amide) rings is 1. The van der Waals surface area contributed by atoms with Crippen LogP contribution in [0.2, 0.25) is 0 Å². The lowest BCUT2D eigenvalue weighted by atomic mass is 10.0. The molecule has 0 bridgehead atoms. The molecule has 5 rings (SSSR count). The minimum atomic E-state index is -1.15. The number of hydrogen-bond acceptors (Lipinski definition) is 8. The predicted octanol–water partition coefficient (Wildman–Crippen LogP) is 0.845. The van der Waals surface area contributed by atoms with Gasteiger partial charge in [0.15, 0.2) is 0 Å². The third-order valence-electron chi connectivity index (χ3n) is 5.86. The van der Waals surface area contributed by atoms with Crippen LogP contribution in [-0.4, -0.2) is 70.9 Å². The predicted molar refractivity (Wildman–Crippen MR) is 116 cm³/mol. The Kier molecular flexibility index (Phi) is 5.41. The van der Waals surface area contributed by atoms with E-state index < -0.39 is 17.4 Å². The molecule has 166 valence electrons. The van der Waals surface area contributed by atoms with Crippen molar-refractivity contribution in [2.75, 3.05) is 11.5 Å². The number of carbonyl (C=O) groups is 3. The summed E-state index contributed by atoms with van der Waals surface area (Å²) in [6, 6.07) is 9.15. The van der Waals surface area contributed by atoms with Crippen molar-refractivity contribution in [2.45, 2.75) is 28.9 Å². The Bertz CT molecular complexity index is 1120. The van der Waals surface area contributed by atoms with Crippen LogP contribution >= 0.6 is 23.5 Å². The van der Waals surface area contributed by atoms with E-state index in [1.54, 1.807) is 7.05 Å². The van der Waals surface area contributed by atoms with Crippen molar-refractivity contribution in [1.82, 2.24) is 30.4 Å². The molecule has 1 saturated carbocycles. The quantitative estimate of drug-likeness (QED) is 0.445. The highest BCUT2D eigenvalue weighted by molar-refractivity contribution is 8.01. The molecule has 2 aromatic rings. The number of benzene rings is 1. The molecule has 3 aliphatic rings. The highest BCUT2D eigenvalue weighted by Crippen LogP contribution is 2.48. The molecule has 0 unspecified atom stereocenters. The molecular weight excluding hydrogens is 452 g/mol. The summed E-state index contributed by atoms with van der Waals surface area (Å²) in [5.74, 6) is -0.828. The SMILES string of the molecule is Cn1nnnc1SCC1=C(C(=O)O)N2C(=O)[C@H](NC(=O)[C@@H]3C[C@H]3c3ccccc3)[C@H]2SC1. The van der Waals surface area contributed by atoms with E-state index in [0.717, 1.165) is 12.0 Å². The van der Waals surface area contributed by atoms with Crippen LogP contribution in [0.1, 0.15) is 17.9 Å². The van der Waals surface area contributed by atoms with Crippen molar-refractivity contribution in [1.29, 1.82) is 0 Å². The van der Waals surface area contributed by atoms with E-state index in [1.165, 1.54) is 33.1 Å². The highest BCUT2D eigenvalue weighted by Gasteiger charge is 2.55. The lowest BCUT2D eigenvalue weighted by Crippen LogP contribution is -2.70. The fraction of sp³-hybridized carbons (Fsp3) is 0.400. The number of tetrazole rings is 1. The van der Waals surface area contributed by atoms with Crippen LogP contribution in [-0.2, 0) is 21.4 Å². The van der Waals surface area contributed by atoms with Crippen molar-refractivity contribution in [2.24, 2.45) is 13.0 Å². The van der Waals surface area contributed by atoms with Gasteiger partial charge in [-0.15, -0.1) is 16.9 Å². The van der Waals surface area contributed by atoms with Crippen LogP contribution in [0.25, 0.3) is 0 Å². The van der Waals surface area contributed by atoms with Crippen LogP contribution in [0.15, 0.2) is 46.8 Å². The van der Waals surface area contributed by atoms with Crippen molar-refractivity contribution in [3.8, 4) is 0 Å². The molecule has 32 heavy (non-hydrogen) atoms. The molecular formula is C20H20N6O4S2. The van der Waals surface area contributed by atoms with Crippen molar-refractivity contribution >= 4 is 41.3 Å². The van der Waals surface area contributed by atoms with E-state index in [9.17, 15) is 19.5 Å². The largest absolute Gasteiger partial charge is 0.477 e. The molecule has 1 aliphatic carbocycles. The summed E-state index contributed by atoms with van der Waals surface area (Å²) >= 11 is 2.78. The average molecular weight is 473 g/mol. The van der Waals surface area contributed by atoms with Gasteiger partial charge in [0.05, 0.1) is 0 Å². The summed E-state index contributed by atoms with van der Waals surface area (Å²) in [5, 5.41) is 24.0. The standard InChI is InChI=1S/C20H20N6O4S2/c1-25-20(22-23-24-25)32-9-11-8-31-18-14(17(28)26(18)15(11)19(29)30)21-16(27)13-7-12(13)10-5-3-2-4-6-10/h2-6,12-14,18H,7-9H2,1H3,(H,21,27)(H,29,30)/t12-,13+,14-,18+/m0/s1. The van der Waals surface area contributed by atoms with Gasteiger partial charge in [0, 0.05) is 24.5 Å². The number of amides is 2. The third-order valence-corrected chi connectivity index (χ3v) is 8.30. The van der Waals surface area contributed by atoms with Gasteiger partial charge in [-0.25, -0.2) is 9.48 Å². The Morgan fingerprint density at radius 3 is 2.78 bits per heavy atom. The first-order valence-electron chi connectivity index (χ1n) is 10.1. The zero-order valence-electron chi connectivity index (χ0n) is 17.0. The topological polar surface area (TPSA) is 130 Å².